The lowest BCUT2D eigenvalue weighted by Gasteiger charge is -2.30. The van der Waals surface area contributed by atoms with Gasteiger partial charge in [-0.15, -0.1) is 0 Å². The van der Waals surface area contributed by atoms with E-state index in [-0.39, 0.29) is 10.8 Å². The molecule has 0 heterocycles. The van der Waals surface area contributed by atoms with Crippen LogP contribution in [-0.2, 0) is 10.8 Å². The van der Waals surface area contributed by atoms with E-state index in [0.717, 1.165) is 38.0 Å². The van der Waals surface area contributed by atoms with Gasteiger partial charge in [-0.2, -0.15) is 0 Å². The topological polar surface area (TPSA) is 9.23 Å². The predicted octanol–water partition coefficient (Wildman–Crippen LogP) is 6.05. The first-order chi connectivity index (χ1) is 9.78. The van der Waals surface area contributed by atoms with Crippen LogP contribution < -0.4 is 4.74 Å². The lowest BCUT2D eigenvalue weighted by atomic mass is 9.76. The number of ether oxygens (including phenoxy) is 1. The van der Waals surface area contributed by atoms with Crippen molar-refractivity contribution in [2.24, 2.45) is 0 Å². The van der Waals surface area contributed by atoms with Crippen LogP contribution in [-0.4, -0.2) is 6.61 Å². The van der Waals surface area contributed by atoms with Crippen molar-refractivity contribution < 1.29 is 4.74 Å². The van der Waals surface area contributed by atoms with E-state index in [1.165, 1.54) is 11.1 Å². The second-order valence-corrected chi connectivity index (χ2v) is 7.24. The van der Waals surface area contributed by atoms with E-state index in [0.29, 0.717) is 0 Å². The maximum Gasteiger partial charge on any atom is 0.123 e. The van der Waals surface area contributed by atoms with Crippen molar-refractivity contribution in [3.63, 3.8) is 0 Å². The van der Waals surface area contributed by atoms with Crippen LogP contribution in [0.1, 0.15) is 78.4 Å². The summed E-state index contributed by atoms with van der Waals surface area (Å²) in [5, 5.41) is 0. The zero-order valence-electron chi connectivity index (χ0n) is 14.9. The minimum Gasteiger partial charge on any atom is -0.493 e. The lowest BCUT2D eigenvalue weighted by molar-refractivity contribution is 0.300. The van der Waals surface area contributed by atoms with Crippen molar-refractivity contribution in [3.8, 4) is 5.75 Å². The lowest BCUT2D eigenvalue weighted by Crippen LogP contribution is -2.21. The Bertz CT molecular complexity index is 443. The van der Waals surface area contributed by atoms with Crippen LogP contribution in [0, 0.1) is 6.92 Å². The first-order valence-corrected chi connectivity index (χ1v) is 8.35. The Balaban J connectivity index is 3.20. The molecular formula is C20H33O. The molecule has 1 rings (SSSR count). The van der Waals surface area contributed by atoms with Gasteiger partial charge in [0.2, 0.25) is 0 Å². The third kappa shape index (κ3) is 4.49. The summed E-state index contributed by atoms with van der Waals surface area (Å²) in [6, 6.07) is 6.77. The molecule has 0 saturated carbocycles. The van der Waals surface area contributed by atoms with E-state index in [1.807, 2.05) is 0 Å². The second kappa shape index (κ2) is 7.33. The van der Waals surface area contributed by atoms with Gasteiger partial charge >= 0.3 is 0 Å². The number of unbranched alkanes of at least 4 members (excludes halogenated alkanes) is 1. The van der Waals surface area contributed by atoms with E-state index >= 15 is 0 Å². The van der Waals surface area contributed by atoms with Gasteiger partial charge < -0.3 is 4.74 Å². The van der Waals surface area contributed by atoms with Crippen molar-refractivity contribution in [1.82, 2.24) is 0 Å². The van der Waals surface area contributed by atoms with E-state index < -0.39 is 0 Å². The van der Waals surface area contributed by atoms with Crippen molar-refractivity contribution in [1.29, 1.82) is 0 Å². The molecule has 0 bridgehead atoms. The fourth-order valence-corrected chi connectivity index (χ4v) is 2.28. The van der Waals surface area contributed by atoms with E-state index in [4.69, 9.17) is 4.74 Å². The molecular weight excluding hydrogens is 256 g/mol. The molecule has 0 saturated heterocycles. The normalized spacial score (nSPS) is 12.5. The highest BCUT2D eigenvalue weighted by Gasteiger charge is 2.26. The number of hydrogen-bond acceptors (Lipinski definition) is 1. The SMILES string of the molecule is [CH2]CCCOc1ccc(C(C)(C)CC)cc1C(C)(C)CC. The zero-order valence-corrected chi connectivity index (χ0v) is 14.9. The Morgan fingerprint density at radius 3 is 2.14 bits per heavy atom. The summed E-state index contributed by atoms with van der Waals surface area (Å²) in [5.74, 6) is 1.05. The fraction of sp³-hybridized carbons (Fsp3) is 0.650. The fourth-order valence-electron chi connectivity index (χ4n) is 2.28. The highest BCUT2D eigenvalue weighted by molar-refractivity contribution is 5.44. The summed E-state index contributed by atoms with van der Waals surface area (Å²) >= 11 is 0. The van der Waals surface area contributed by atoms with Crippen LogP contribution in [0.4, 0.5) is 0 Å². The molecule has 0 unspecified atom stereocenters. The van der Waals surface area contributed by atoms with E-state index in [2.05, 4.69) is 66.7 Å². The molecule has 119 valence electrons. The van der Waals surface area contributed by atoms with Gasteiger partial charge in [-0.3, -0.25) is 0 Å². The summed E-state index contributed by atoms with van der Waals surface area (Å²) in [4.78, 5) is 0. The largest absolute Gasteiger partial charge is 0.493 e. The van der Waals surface area contributed by atoms with Crippen LogP contribution >= 0.6 is 0 Å². The van der Waals surface area contributed by atoms with Gasteiger partial charge in [0.05, 0.1) is 6.61 Å². The van der Waals surface area contributed by atoms with Crippen molar-refractivity contribution >= 4 is 0 Å². The van der Waals surface area contributed by atoms with E-state index in [1.54, 1.807) is 0 Å². The monoisotopic (exact) mass is 289 g/mol. The van der Waals surface area contributed by atoms with Gasteiger partial charge in [0.15, 0.2) is 0 Å². The van der Waals surface area contributed by atoms with Gasteiger partial charge in [0, 0.05) is 5.56 Å². The van der Waals surface area contributed by atoms with Gasteiger partial charge in [-0.05, 0) is 41.7 Å². The van der Waals surface area contributed by atoms with Crippen LogP contribution in [0.3, 0.4) is 0 Å². The van der Waals surface area contributed by atoms with Gasteiger partial charge in [0.1, 0.15) is 5.75 Å². The van der Waals surface area contributed by atoms with Crippen LogP contribution in [0.2, 0.25) is 0 Å². The predicted molar refractivity (Wildman–Crippen MR) is 93.2 cm³/mol. The Labute approximate surface area is 132 Å². The molecule has 0 aromatic heterocycles. The molecule has 1 heteroatoms. The average molecular weight is 289 g/mol. The molecule has 0 aliphatic rings. The molecule has 0 N–H and O–H groups in total. The smallest absolute Gasteiger partial charge is 0.123 e. The number of hydrogen-bond donors (Lipinski definition) is 0. The Hall–Kier alpha value is -0.980. The summed E-state index contributed by atoms with van der Waals surface area (Å²) in [6.07, 6.45) is 4.18. The number of benzene rings is 1. The molecule has 1 nitrogen and oxygen atoms in total. The summed E-state index contributed by atoms with van der Waals surface area (Å²) < 4.78 is 6.03. The number of rotatable bonds is 8. The van der Waals surface area contributed by atoms with Crippen LogP contribution in [0.25, 0.3) is 0 Å². The first-order valence-electron chi connectivity index (χ1n) is 8.35. The Morgan fingerprint density at radius 1 is 1.00 bits per heavy atom. The minimum absolute atomic E-state index is 0.139. The standard InChI is InChI=1S/C20H33O/c1-8-11-14-21-18-13-12-16(19(4,5)9-2)15-17(18)20(6,7)10-3/h12-13,15H,1,8-11,14H2,2-7H3. The molecule has 0 aliphatic heterocycles. The summed E-state index contributed by atoms with van der Waals surface area (Å²) in [7, 11) is 0. The summed E-state index contributed by atoms with van der Waals surface area (Å²) in [5.41, 5.74) is 3.10. The Morgan fingerprint density at radius 2 is 1.62 bits per heavy atom. The summed E-state index contributed by atoms with van der Waals surface area (Å²) in [6.45, 7) is 18.4. The van der Waals surface area contributed by atoms with Crippen molar-refractivity contribution in [2.75, 3.05) is 6.61 Å². The third-order valence-corrected chi connectivity index (χ3v) is 4.91. The second-order valence-electron chi connectivity index (χ2n) is 7.24. The average Bonchev–Trinajstić information content (AvgIpc) is 2.47. The highest BCUT2D eigenvalue weighted by atomic mass is 16.5. The van der Waals surface area contributed by atoms with Crippen LogP contribution in [0.15, 0.2) is 18.2 Å². The van der Waals surface area contributed by atoms with Gasteiger partial charge in [-0.25, -0.2) is 0 Å². The van der Waals surface area contributed by atoms with Crippen molar-refractivity contribution in [2.45, 2.75) is 78.1 Å². The maximum atomic E-state index is 6.03. The maximum absolute atomic E-state index is 6.03. The molecule has 1 radical (unpaired) electrons. The Kier molecular flexibility index (Phi) is 6.31. The first kappa shape index (κ1) is 18.1. The van der Waals surface area contributed by atoms with E-state index in [9.17, 15) is 0 Å². The molecule has 0 fully saturated rings. The third-order valence-electron chi connectivity index (χ3n) is 4.91. The minimum atomic E-state index is 0.139. The molecule has 1 aromatic carbocycles. The van der Waals surface area contributed by atoms with Crippen molar-refractivity contribution in [3.05, 3.63) is 36.2 Å². The van der Waals surface area contributed by atoms with Gasteiger partial charge in [0.25, 0.3) is 0 Å². The molecule has 0 atom stereocenters. The molecule has 21 heavy (non-hydrogen) atoms. The molecule has 0 aliphatic carbocycles. The zero-order chi connectivity index (χ0) is 16.1. The molecule has 0 amide bonds. The molecule has 1 aromatic rings. The quantitative estimate of drug-likeness (QED) is 0.529. The van der Waals surface area contributed by atoms with Crippen LogP contribution in [0.5, 0.6) is 5.75 Å². The molecule has 0 spiro atoms. The van der Waals surface area contributed by atoms with Gasteiger partial charge in [-0.1, -0.05) is 67.0 Å². The highest BCUT2D eigenvalue weighted by Crippen LogP contribution is 2.38.